The maximum absolute atomic E-state index is 11.7. The molecule has 0 fully saturated rings. The van der Waals surface area contributed by atoms with Crippen LogP contribution < -0.4 is 5.32 Å². The molecule has 0 bridgehead atoms. The molecule has 0 aromatic heterocycles. The SMILES string of the molecule is C[C@@H](OCC(=O)Nc1c(I)cc(I)cc1I)C(=O)O. The van der Waals surface area contributed by atoms with Gasteiger partial charge in [-0.1, -0.05) is 0 Å². The molecule has 0 saturated carbocycles. The Balaban J connectivity index is 2.65. The largest absolute Gasteiger partial charge is 0.479 e. The Kier molecular flexibility index (Phi) is 7.24. The van der Waals surface area contributed by atoms with E-state index in [1.807, 2.05) is 12.1 Å². The first-order valence-corrected chi connectivity index (χ1v) is 8.33. The standard InChI is InChI=1S/C11H10I3NO4/c1-5(11(17)18)19-4-9(16)15-10-7(13)2-6(12)3-8(10)14/h2-3,5H,4H2,1H3,(H,15,16)(H,17,18)/t5-/m1/s1. The summed E-state index contributed by atoms with van der Waals surface area (Å²) in [5, 5.41) is 11.4. The van der Waals surface area contributed by atoms with E-state index in [9.17, 15) is 9.59 Å². The summed E-state index contributed by atoms with van der Waals surface area (Å²) in [6.07, 6.45) is -0.999. The van der Waals surface area contributed by atoms with Crippen LogP contribution in [-0.2, 0) is 14.3 Å². The van der Waals surface area contributed by atoms with E-state index < -0.39 is 12.1 Å². The van der Waals surface area contributed by atoms with E-state index in [0.717, 1.165) is 16.4 Å². The van der Waals surface area contributed by atoms with Crippen molar-refractivity contribution in [2.45, 2.75) is 13.0 Å². The van der Waals surface area contributed by atoms with Gasteiger partial charge in [-0.15, -0.1) is 0 Å². The number of carboxylic acid groups (broad SMARTS) is 1. The Morgan fingerprint density at radius 3 is 2.32 bits per heavy atom. The summed E-state index contributed by atoms with van der Waals surface area (Å²) < 4.78 is 7.86. The van der Waals surface area contributed by atoms with Crippen LogP contribution in [-0.4, -0.2) is 29.7 Å². The van der Waals surface area contributed by atoms with Crippen molar-refractivity contribution in [3.63, 3.8) is 0 Å². The number of anilines is 1. The average molecular weight is 601 g/mol. The Morgan fingerprint density at radius 1 is 1.32 bits per heavy atom. The number of nitrogens with one attached hydrogen (secondary N) is 1. The first-order chi connectivity index (χ1) is 8.81. The highest BCUT2D eigenvalue weighted by Gasteiger charge is 2.15. The number of rotatable bonds is 5. The molecule has 0 spiro atoms. The molecule has 2 N–H and O–H groups in total. The smallest absolute Gasteiger partial charge is 0.332 e. The molecule has 19 heavy (non-hydrogen) atoms. The van der Waals surface area contributed by atoms with Gasteiger partial charge in [-0.25, -0.2) is 4.79 Å². The molecule has 1 amide bonds. The van der Waals surface area contributed by atoms with Crippen LogP contribution in [0.1, 0.15) is 6.92 Å². The fourth-order valence-corrected chi connectivity index (χ4v) is 4.96. The molecule has 0 radical (unpaired) electrons. The van der Waals surface area contributed by atoms with Crippen molar-refractivity contribution in [1.82, 2.24) is 0 Å². The summed E-state index contributed by atoms with van der Waals surface area (Å²) in [7, 11) is 0. The molecule has 0 aliphatic heterocycles. The molecule has 0 heterocycles. The minimum atomic E-state index is -1.09. The summed E-state index contributed by atoms with van der Waals surface area (Å²) in [5.41, 5.74) is 0.721. The van der Waals surface area contributed by atoms with Gasteiger partial charge in [0, 0.05) is 10.7 Å². The van der Waals surface area contributed by atoms with Gasteiger partial charge in [0.1, 0.15) is 6.61 Å². The van der Waals surface area contributed by atoms with Gasteiger partial charge in [0.25, 0.3) is 0 Å². The van der Waals surface area contributed by atoms with Crippen LogP contribution in [0.2, 0.25) is 0 Å². The Labute approximate surface area is 151 Å². The number of amides is 1. The van der Waals surface area contributed by atoms with Crippen LogP contribution in [0.4, 0.5) is 5.69 Å². The second kappa shape index (κ2) is 7.93. The number of hydrogen-bond acceptors (Lipinski definition) is 3. The summed E-state index contributed by atoms with van der Waals surface area (Å²) in [6, 6.07) is 3.89. The Hall–Kier alpha value is 0.310. The lowest BCUT2D eigenvalue weighted by Gasteiger charge is -2.12. The van der Waals surface area contributed by atoms with Gasteiger partial charge in [0.15, 0.2) is 6.10 Å². The van der Waals surface area contributed by atoms with Gasteiger partial charge in [-0.3, -0.25) is 4.79 Å². The fraction of sp³-hybridized carbons (Fsp3) is 0.273. The molecule has 0 aliphatic rings. The van der Waals surface area contributed by atoms with Gasteiger partial charge in [-0.05, 0) is 86.8 Å². The molecule has 1 rings (SSSR count). The second-order valence-electron chi connectivity index (χ2n) is 3.58. The number of carbonyl (C=O) groups is 2. The number of hydrogen-bond donors (Lipinski definition) is 2. The minimum Gasteiger partial charge on any atom is -0.479 e. The Morgan fingerprint density at radius 2 is 1.84 bits per heavy atom. The molecule has 1 aromatic rings. The van der Waals surface area contributed by atoms with Crippen molar-refractivity contribution in [2.24, 2.45) is 0 Å². The third kappa shape index (κ3) is 5.67. The lowest BCUT2D eigenvalue weighted by atomic mass is 10.3. The molecule has 104 valence electrons. The third-order valence-electron chi connectivity index (χ3n) is 2.08. The average Bonchev–Trinajstić information content (AvgIpc) is 2.30. The highest BCUT2D eigenvalue weighted by Crippen LogP contribution is 2.27. The van der Waals surface area contributed by atoms with Crippen LogP contribution >= 0.6 is 67.8 Å². The number of benzene rings is 1. The van der Waals surface area contributed by atoms with E-state index in [1.54, 1.807) is 0 Å². The van der Waals surface area contributed by atoms with Crippen LogP contribution in [0, 0.1) is 10.7 Å². The Bertz CT molecular complexity index is 484. The molecule has 1 aromatic carbocycles. The lowest BCUT2D eigenvalue weighted by Crippen LogP contribution is -2.27. The molecule has 8 heteroatoms. The summed E-state index contributed by atoms with van der Waals surface area (Å²) >= 11 is 6.48. The van der Waals surface area contributed by atoms with Crippen molar-refractivity contribution >= 4 is 85.3 Å². The first-order valence-electron chi connectivity index (χ1n) is 5.10. The van der Waals surface area contributed by atoms with Crippen LogP contribution in [0.25, 0.3) is 0 Å². The van der Waals surface area contributed by atoms with E-state index in [2.05, 4.69) is 73.1 Å². The summed E-state index contributed by atoms with van der Waals surface area (Å²) in [6.45, 7) is 1.10. The molecule has 0 unspecified atom stereocenters. The lowest BCUT2D eigenvalue weighted by molar-refractivity contribution is -0.150. The van der Waals surface area contributed by atoms with Gasteiger partial charge in [0.2, 0.25) is 5.91 Å². The zero-order chi connectivity index (χ0) is 14.6. The number of carboxylic acids is 1. The number of carbonyl (C=O) groups excluding carboxylic acids is 1. The highest BCUT2D eigenvalue weighted by atomic mass is 127. The number of ether oxygens (including phenoxy) is 1. The topological polar surface area (TPSA) is 75.6 Å². The zero-order valence-electron chi connectivity index (χ0n) is 9.75. The van der Waals surface area contributed by atoms with E-state index in [1.165, 1.54) is 6.92 Å². The van der Waals surface area contributed by atoms with Crippen LogP contribution in [0.15, 0.2) is 12.1 Å². The van der Waals surface area contributed by atoms with Crippen molar-refractivity contribution in [3.8, 4) is 0 Å². The monoisotopic (exact) mass is 601 g/mol. The van der Waals surface area contributed by atoms with Crippen molar-refractivity contribution < 1.29 is 19.4 Å². The fourth-order valence-electron chi connectivity index (χ4n) is 1.11. The molecule has 5 nitrogen and oxygen atoms in total. The molecular weight excluding hydrogens is 591 g/mol. The van der Waals surface area contributed by atoms with Crippen molar-refractivity contribution in [1.29, 1.82) is 0 Å². The van der Waals surface area contributed by atoms with Gasteiger partial charge >= 0.3 is 5.97 Å². The normalized spacial score (nSPS) is 12.0. The van der Waals surface area contributed by atoms with Gasteiger partial charge in [-0.2, -0.15) is 0 Å². The van der Waals surface area contributed by atoms with Crippen molar-refractivity contribution in [2.75, 3.05) is 11.9 Å². The van der Waals surface area contributed by atoms with E-state index in [-0.39, 0.29) is 12.5 Å². The second-order valence-corrected chi connectivity index (χ2v) is 7.15. The number of halogens is 3. The quantitative estimate of drug-likeness (QED) is 0.510. The predicted molar refractivity (Wildman–Crippen MR) is 96.3 cm³/mol. The van der Waals surface area contributed by atoms with E-state index in [0.29, 0.717) is 0 Å². The maximum Gasteiger partial charge on any atom is 0.332 e. The molecule has 0 saturated heterocycles. The van der Waals surface area contributed by atoms with E-state index >= 15 is 0 Å². The highest BCUT2D eigenvalue weighted by molar-refractivity contribution is 14.1. The molecule has 1 atom stereocenters. The number of aliphatic carboxylic acids is 1. The van der Waals surface area contributed by atoms with Crippen LogP contribution in [0.3, 0.4) is 0 Å². The van der Waals surface area contributed by atoms with E-state index in [4.69, 9.17) is 9.84 Å². The zero-order valence-corrected chi connectivity index (χ0v) is 16.2. The van der Waals surface area contributed by atoms with Gasteiger partial charge in [0.05, 0.1) is 5.69 Å². The maximum atomic E-state index is 11.7. The molecular formula is C11H10I3NO4. The third-order valence-corrected chi connectivity index (χ3v) is 4.41. The minimum absolute atomic E-state index is 0.286. The van der Waals surface area contributed by atoms with Crippen LogP contribution in [0.5, 0.6) is 0 Å². The summed E-state index contributed by atoms with van der Waals surface area (Å²) in [5.74, 6) is -1.46. The summed E-state index contributed by atoms with van der Waals surface area (Å²) in [4.78, 5) is 22.2. The van der Waals surface area contributed by atoms with Gasteiger partial charge < -0.3 is 15.2 Å². The molecule has 0 aliphatic carbocycles. The first kappa shape index (κ1) is 17.4. The van der Waals surface area contributed by atoms with Crippen molar-refractivity contribution in [3.05, 3.63) is 22.8 Å². The predicted octanol–water partition coefficient (Wildman–Crippen LogP) is 2.93.